The third-order valence-corrected chi connectivity index (χ3v) is 5.60. The lowest BCUT2D eigenvalue weighted by molar-refractivity contribution is 0.566. The van der Waals surface area contributed by atoms with E-state index in [-0.39, 0.29) is 20.1 Å². The summed E-state index contributed by atoms with van der Waals surface area (Å²) in [6.45, 7) is 1.71. The van der Waals surface area contributed by atoms with E-state index in [1.54, 1.807) is 19.3 Å². The van der Waals surface area contributed by atoms with Crippen LogP contribution in [-0.4, -0.2) is 18.6 Å². The Hall–Kier alpha value is -1.09. The molecule has 0 aliphatic heterocycles. The highest BCUT2D eigenvalue weighted by molar-refractivity contribution is 9.10. The fraction of sp³-hybridized carbons (Fsp3) is 0.182. The van der Waals surface area contributed by atoms with Crippen molar-refractivity contribution in [3.05, 3.63) is 39.6 Å². The van der Waals surface area contributed by atoms with Crippen molar-refractivity contribution >= 4 is 43.2 Å². The van der Waals surface area contributed by atoms with Gasteiger partial charge in [-0.2, -0.15) is 5.10 Å². The SMILES string of the molecule is CC(NS(=O)(=O)c1cc(Cl)cc(N)c1Br)c1cn[nH]c1. The molecule has 0 saturated heterocycles. The summed E-state index contributed by atoms with van der Waals surface area (Å²) in [5.41, 5.74) is 6.69. The third-order valence-electron chi connectivity index (χ3n) is 2.67. The molecule has 0 aliphatic carbocycles. The first kappa shape index (κ1) is 15.3. The zero-order valence-electron chi connectivity index (χ0n) is 10.4. The van der Waals surface area contributed by atoms with E-state index in [4.69, 9.17) is 17.3 Å². The van der Waals surface area contributed by atoms with E-state index in [1.165, 1.54) is 12.1 Å². The molecule has 0 aliphatic rings. The van der Waals surface area contributed by atoms with Crippen LogP contribution in [0.3, 0.4) is 0 Å². The molecule has 1 heterocycles. The number of aromatic amines is 1. The standard InChI is InChI=1S/C11H12BrClN4O2S/c1-6(7-4-15-16-5-7)17-20(18,19)10-3-8(13)2-9(14)11(10)12/h2-6,17H,14H2,1H3,(H,15,16). The molecule has 0 spiro atoms. The van der Waals surface area contributed by atoms with E-state index in [0.717, 1.165) is 5.56 Å². The minimum atomic E-state index is -3.76. The monoisotopic (exact) mass is 378 g/mol. The molecule has 9 heteroatoms. The van der Waals surface area contributed by atoms with Gasteiger partial charge in [-0.25, -0.2) is 13.1 Å². The highest BCUT2D eigenvalue weighted by Crippen LogP contribution is 2.32. The first-order valence-electron chi connectivity index (χ1n) is 5.57. The number of nitrogens with zero attached hydrogens (tertiary/aromatic N) is 1. The normalized spacial score (nSPS) is 13.3. The van der Waals surface area contributed by atoms with Crippen molar-refractivity contribution in [2.24, 2.45) is 0 Å². The van der Waals surface area contributed by atoms with Gasteiger partial charge < -0.3 is 5.73 Å². The maximum absolute atomic E-state index is 12.4. The first-order chi connectivity index (χ1) is 9.31. The lowest BCUT2D eigenvalue weighted by Gasteiger charge is -2.14. The van der Waals surface area contributed by atoms with Gasteiger partial charge in [0.2, 0.25) is 10.0 Å². The summed E-state index contributed by atoms with van der Waals surface area (Å²) in [5.74, 6) is 0. The van der Waals surface area contributed by atoms with E-state index in [9.17, 15) is 8.42 Å². The van der Waals surface area contributed by atoms with E-state index in [0.29, 0.717) is 0 Å². The van der Waals surface area contributed by atoms with Crippen LogP contribution in [0.25, 0.3) is 0 Å². The summed E-state index contributed by atoms with van der Waals surface area (Å²) in [5, 5.41) is 6.66. The van der Waals surface area contributed by atoms with Gasteiger partial charge in [0.05, 0.1) is 15.6 Å². The molecule has 2 rings (SSSR count). The molecule has 0 amide bonds. The van der Waals surface area contributed by atoms with Crippen LogP contribution in [0.1, 0.15) is 18.5 Å². The van der Waals surface area contributed by atoms with E-state index < -0.39 is 16.1 Å². The molecule has 2 aromatic rings. The van der Waals surface area contributed by atoms with Gasteiger partial charge in [-0.05, 0) is 35.0 Å². The number of nitrogens with two attached hydrogens (primary N) is 1. The summed E-state index contributed by atoms with van der Waals surface area (Å²) in [7, 11) is -3.76. The highest BCUT2D eigenvalue weighted by Gasteiger charge is 2.23. The number of halogens is 2. The highest BCUT2D eigenvalue weighted by atomic mass is 79.9. The van der Waals surface area contributed by atoms with Crippen LogP contribution in [0, 0.1) is 0 Å². The number of rotatable bonds is 4. The van der Waals surface area contributed by atoms with Crippen molar-refractivity contribution in [2.75, 3.05) is 5.73 Å². The fourth-order valence-electron chi connectivity index (χ4n) is 1.64. The number of anilines is 1. The van der Waals surface area contributed by atoms with Crippen LogP contribution in [0.4, 0.5) is 5.69 Å². The lowest BCUT2D eigenvalue weighted by Crippen LogP contribution is -2.27. The van der Waals surface area contributed by atoms with Gasteiger partial charge in [-0.3, -0.25) is 5.10 Å². The minimum absolute atomic E-state index is 0.00200. The van der Waals surface area contributed by atoms with Crippen LogP contribution in [0.15, 0.2) is 33.9 Å². The molecule has 0 saturated carbocycles. The number of benzene rings is 1. The Morgan fingerprint density at radius 1 is 1.50 bits per heavy atom. The second-order valence-electron chi connectivity index (χ2n) is 4.18. The van der Waals surface area contributed by atoms with Crippen molar-refractivity contribution in [1.29, 1.82) is 0 Å². The predicted octanol–water partition coefficient (Wildman–Crippen LogP) is 2.45. The summed E-state index contributed by atoms with van der Waals surface area (Å²) in [4.78, 5) is -0.00200. The van der Waals surface area contributed by atoms with Crippen LogP contribution >= 0.6 is 27.5 Å². The zero-order chi connectivity index (χ0) is 14.9. The topological polar surface area (TPSA) is 101 Å². The molecule has 1 aromatic carbocycles. The Kier molecular flexibility index (Phi) is 4.38. The van der Waals surface area contributed by atoms with Gasteiger partial charge in [0, 0.05) is 28.5 Å². The molecule has 20 heavy (non-hydrogen) atoms. The van der Waals surface area contributed by atoms with Gasteiger partial charge >= 0.3 is 0 Å². The number of sulfonamides is 1. The summed E-state index contributed by atoms with van der Waals surface area (Å²) in [6, 6.07) is 2.38. The van der Waals surface area contributed by atoms with E-state index >= 15 is 0 Å². The molecule has 4 N–H and O–H groups in total. The van der Waals surface area contributed by atoms with Crippen molar-refractivity contribution in [3.63, 3.8) is 0 Å². The predicted molar refractivity (Wildman–Crippen MR) is 80.9 cm³/mol. The average Bonchev–Trinajstić information content (AvgIpc) is 2.86. The molecule has 0 radical (unpaired) electrons. The van der Waals surface area contributed by atoms with Gasteiger partial charge in [-0.15, -0.1) is 0 Å². The molecule has 1 unspecified atom stereocenters. The minimum Gasteiger partial charge on any atom is -0.398 e. The Morgan fingerprint density at radius 3 is 2.80 bits per heavy atom. The zero-order valence-corrected chi connectivity index (χ0v) is 13.6. The molecule has 0 bridgehead atoms. The van der Waals surface area contributed by atoms with Crippen LogP contribution in [0.5, 0.6) is 0 Å². The Morgan fingerprint density at radius 2 is 2.20 bits per heavy atom. The largest absolute Gasteiger partial charge is 0.398 e. The number of nitrogen functional groups attached to an aromatic ring is 1. The number of aromatic nitrogens is 2. The molecular weight excluding hydrogens is 368 g/mol. The van der Waals surface area contributed by atoms with Gasteiger partial charge in [0.1, 0.15) is 0 Å². The Bertz CT molecular complexity index is 718. The second-order valence-corrected chi connectivity index (χ2v) is 7.09. The number of hydrogen-bond donors (Lipinski definition) is 3. The van der Waals surface area contributed by atoms with E-state index in [2.05, 4.69) is 30.8 Å². The fourth-order valence-corrected chi connectivity index (χ4v) is 4.17. The number of hydrogen-bond acceptors (Lipinski definition) is 4. The molecular formula is C11H12BrClN4O2S. The molecule has 6 nitrogen and oxygen atoms in total. The van der Waals surface area contributed by atoms with Crippen molar-refractivity contribution in [3.8, 4) is 0 Å². The quantitative estimate of drug-likeness (QED) is 0.710. The Labute approximate surface area is 129 Å². The van der Waals surface area contributed by atoms with Crippen molar-refractivity contribution in [2.45, 2.75) is 17.9 Å². The number of H-pyrrole nitrogens is 1. The van der Waals surface area contributed by atoms with Crippen LogP contribution < -0.4 is 10.5 Å². The summed E-state index contributed by atoms with van der Waals surface area (Å²) in [6.07, 6.45) is 3.17. The molecule has 1 aromatic heterocycles. The molecule has 0 fully saturated rings. The van der Waals surface area contributed by atoms with E-state index in [1.807, 2.05) is 0 Å². The van der Waals surface area contributed by atoms with Crippen molar-refractivity contribution < 1.29 is 8.42 Å². The first-order valence-corrected chi connectivity index (χ1v) is 8.22. The Balaban J connectivity index is 2.36. The smallest absolute Gasteiger partial charge is 0.242 e. The van der Waals surface area contributed by atoms with Crippen LogP contribution in [-0.2, 0) is 10.0 Å². The van der Waals surface area contributed by atoms with Crippen molar-refractivity contribution in [1.82, 2.24) is 14.9 Å². The van der Waals surface area contributed by atoms with Gasteiger partial charge in [0.25, 0.3) is 0 Å². The van der Waals surface area contributed by atoms with Crippen LogP contribution in [0.2, 0.25) is 5.02 Å². The lowest BCUT2D eigenvalue weighted by atomic mass is 10.2. The summed E-state index contributed by atoms with van der Waals surface area (Å²) < 4.78 is 27.6. The number of nitrogens with one attached hydrogen (secondary N) is 2. The van der Waals surface area contributed by atoms with Gasteiger partial charge in [0.15, 0.2) is 0 Å². The molecule has 1 atom stereocenters. The van der Waals surface area contributed by atoms with Gasteiger partial charge in [-0.1, -0.05) is 11.6 Å². The molecule has 108 valence electrons. The maximum atomic E-state index is 12.4. The maximum Gasteiger partial charge on any atom is 0.242 e. The second kappa shape index (κ2) is 5.72. The third kappa shape index (κ3) is 3.14. The summed E-state index contributed by atoms with van der Waals surface area (Å²) >= 11 is 9.02. The average molecular weight is 380 g/mol.